The van der Waals surface area contributed by atoms with Crippen LogP contribution in [-0.2, 0) is 11.0 Å². The van der Waals surface area contributed by atoms with Crippen LogP contribution < -0.4 is 15.0 Å². The van der Waals surface area contributed by atoms with Crippen molar-refractivity contribution in [1.29, 1.82) is 0 Å². The normalized spacial score (nSPS) is 11.3. The van der Waals surface area contributed by atoms with Gasteiger partial charge in [-0.2, -0.15) is 13.2 Å². The number of benzene rings is 2. The van der Waals surface area contributed by atoms with Crippen molar-refractivity contribution in [2.24, 2.45) is 0 Å². The Morgan fingerprint density at radius 3 is 2.59 bits per heavy atom. The minimum atomic E-state index is -4.69. The number of likely N-dealkylation sites (N-methyl/N-ethyl adjacent to an activating group) is 1. The van der Waals surface area contributed by atoms with Crippen LogP contribution in [0, 0.1) is 0 Å². The van der Waals surface area contributed by atoms with Crippen molar-refractivity contribution in [2.75, 3.05) is 30.4 Å². The van der Waals surface area contributed by atoms with Crippen LogP contribution in [-0.4, -0.2) is 36.1 Å². The molecule has 0 saturated carbocycles. The Morgan fingerprint density at radius 2 is 1.90 bits per heavy atom. The zero-order valence-corrected chi connectivity index (χ0v) is 15.8. The number of anilines is 2. The Labute approximate surface area is 165 Å². The molecule has 1 heterocycles. The van der Waals surface area contributed by atoms with E-state index in [0.29, 0.717) is 16.8 Å². The molecule has 0 fully saturated rings. The molecule has 1 N–H and O–H groups in total. The molecule has 29 heavy (non-hydrogen) atoms. The molecule has 3 aromatic rings. The number of carbonyl (C=O) groups excluding carboxylic acids is 1. The van der Waals surface area contributed by atoms with E-state index in [0.717, 1.165) is 0 Å². The molecule has 0 spiro atoms. The first-order valence-corrected chi connectivity index (χ1v) is 8.84. The van der Waals surface area contributed by atoms with Gasteiger partial charge in [0.05, 0.1) is 19.2 Å². The van der Waals surface area contributed by atoms with E-state index < -0.39 is 17.9 Å². The summed E-state index contributed by atoms with van der Waals surface area (Å²) >= 11 is 0. The molecule has 3 rings (SSSR count). The number of nitrogens with one attached hydrogen (secondary N) is 1. The summed E-state index contributed by atoms with van der Waals surface area (Å²) in [5.74, 6) is -0.993. The number of methoxy groups -OCH3 is 1. The van der Waals surface area contributed by atoms with Crippen molar-refractivity contribution in [3.63, 3.8) is 0 Å². The highest BCUT2D eigenvalue weighted by Gasteiger charge is 2.36. The highest BCUT2D eigenvalue weighted by molar-refractivity contribution is 5.96. The summed E-state index contributed by atoms with van der Waals surface area (Å²) in [5.41, 5.74) is 0.686. The van der Waals surface area contributed by atoms with Gasteiger partial charge in [-0.25, -0.2) is 9.97 Å². The van der Waals surface area contributed by atoms with Gasteiger partial charge in [-0.1, -0.05) is 18.2 Å². The molecular weight excluding hydrogens is 385 g/mol. The number of rotatable bonds is 6. The van der Waals surface area contributed by atoms with Crippen molar-refractivity contribution in [2.45, 2.75) is 13.1 Å². The molecular formula is C20H19F3N4O2. The van der Waals surface area contributed by atoms with Gasteiger partial charge in [0.1, 0.15) is 11.6 Å². The maximum atomic E-state index is 13.2. The van der Waals surface area contributed by atoms with Crippen LogP contribution in [0.4, 0.5) is 24.7 Å². The number of fused-ring (bicyclic) bond motifs is 1. The molecule has 0 aliphatic heterocycles. The molecule has 152 valence electrons. The number of hydrogen-bond acceptors (Lipinski definition) is 5. The zero-order valence-electron chi connectivity index (χ0n) is 15.8. The van der Waals surface area contributed by atoms with E-state index in [1.54, 1.807) is 49.4 Å². The summed E-state index contributed by atoms with van der Waals surface area (Å²) in [6.07, 6.45) is -4.69. The van der Waals surface area contributed by atoms with Gasteiger partial charge in [0.2, 0.25) is 11.7 Å². The van der Waals surface area contributed by atoms with Crippen LogP contribution in [0.15, 0.2) is 48.5 Å². The average Bonchev–Trinajstić information content (AvgIpc) is 2.70. The molecule has 6 nitrogen and oxygen atoms in total. The molecule has 0 radical (unpaired) electrons. The molecule has 0 atom stereocenters. The van der Waals surface area contributed by atoms with E-state index in [4.69, 9.17) is 4.74 Å². The van der Waals surface area contributed by atoms with Crippen molar-refractivity contribution >= 4 is 28.3 Å². The molecule has 0 bridgehead atoms. The van der Waals surface area contributed by atoms with Gasteiger partial charge < -0.3 is 15.0 Å². The maximum absolute atomic E-state index is 13.2. The molecule has 2 aromatic carbocycles. The number of hydrogen-bond donors (Lipinski definition) is 1. The van der Waals surface area contributed by atoms with Crippen LogP contribution in [0.3, 0.4) is 0 Å². The number of alkyl halides is 3. The third-order valence-electron chi connectivity index (χ3n) is 4.21. The van der Waals surface area contributed by atoms with Crippen LogP contribution in [0.5, 0.6) is 5.75 Å². The first kappa shape index (κ1) is 20.4. The van der Waals surface area contributed by atoms with Gasteiger partial charge in [0.25, 0.3) is 0 Å². The minimum Gasteiger partial charge on any atom is -0.497 e. The van der Waals surface area contributed by atoms with E-state index in [1.807, 2.05) is 0 Å². The van der Waals surface area contributed by atoms with Gasteiger partial charge in [-0.05, 0) is 31.2 Å². The Morgan fingerprint density at radius 1 is 1.14 bits per heavy atom. The lowest BCUT2D eigenvalue weighted by atomic mass is 10.2. The predicted octanol–water partition coefficient (Wildman–Crippen LogP) is 4.12. The summed E-state index contributed by atoms with van der Waals surface area (Å²) in [4.78, 5) is 21.3. The second kappa shape index (κ2) is 8.34. The van der Waals surface area contributed by atoms with Crippen molar-refractivity contribution in [3.8, 4) is 5.75 Å². The topological polar surface area (TPSA) is 67.4 Å². The summed E-state index contributed by atoms with van der Waals surface area (Å²) in [7, 11) is 1.51. The van der Waals surface area contributed by atoms with Crippen molar-refractivity contribution < 1.29 is 22.7 Å². The molecule has 0 saturated heterocycles. The number of amides is 1. The fourth-order valence-corrected chi connectivity index (χ4v) is 2.84. The Balaban J connectivity index is 1.91. The average molecular weight is 404 g/mol. The van der Waals surface area contributed by atoms with E-state index in [2.05, 4.69) is 15.3 Å². The summed E-state index contributed by atoms with van der Waals surface area (Å²) in [6, 6.07) is 13.2. The third kappa shape index (κ3) is 4.74. The number of ether oxygens (including phenoxy) is 1. The molecule has 0 unspecified atom stereocenters. The lowest BCUT2D eigenvalue weighted by Gasteiger charge is -2.23. The second-order valence-electron chi connectivity index (χ2n) is 6.18. The van der Waals surface area contributed by atoms with E-state index >= 15 is 0 Å². The number of carbonyl (C=O) groups is 1. The number of para-hydroxylation sites is 1. The second-order valence-corrected chi connectivity index (χ2v) is 6.18. The van der Waals surface area contributed by atoms with Crippen molar-refractivity contribution in [1.82, 2.24) is 9.97 Å². The lowest BCUT2D eigenvalue weighted by Crippen LogP contribution is -2.34. The first-order valence-electron chi connectivity index (χ1n) is 8.84. The summed E-state index contributed by atoms with van der Waals surface area (Å²) in [5, 5.41) is 3.16. The van der Waals surface area contributed by atoms with Crippen molar-refractivity contribution in [3.05, 3.63) is 54.4 Å². The Kier molecular flexibility index (Phi) is 5.86. The largest absolute Gasteiger partial charge is 0.497 e. The molecule has 9 heteroatoms. The van der Waals surface area contributed by atoms with Crippen LogP contribution in [0.25, 0.3) is 10.9 Å². The smallest absolute Gasteiger partial charge is 0.451 e. The highest BCUT2D eigenvalue weighted by Crippen LogP contribution is 2.31. The van der Waals surface area contributed by atoms with Gasteiger partial charge in [-0.3, -0.25) is 4.79 Å². The van der Waals surface area contributed by atoms with Crippen LogP contribution in [0.2, 0.25) is 0 Å². The Hall–Kier alpha value is -3.36. The summed E-state index contributed by atoms with van der Waals surface area (Å²) in [6.45, 7) is 1.85. The quantitative estimate of drug-likeness (QED) is 0.669. The van der Waals surface area contributed by atoms with Gasteiger partial charge in [0, 0.05) is 23.7 Å². The number of nitrogens with zero attached hydrogens (tertiary/aromatic N) is 3. The molecule has 1 amide bonds. The van der Waals surface area contributed by atoms with Crippen LogP contribution in [0.1, 0.15) is 12.7 Å². The molecule has 0 aliphatic carbocycles. The molecule has 0 aliphatic rings. The fraction of sp³-hybridized carbons (Fsp3) is 0.250. The van der Waals surface area contributed by atoms with E-state index in [1.165, 1.54) is 18.1 Å². The van der Waals surface area contributed by atoms with Gasteiger partial charge in [-0.15, -0.1) is 0 Å². The van der Waals surface area contributed by atoms with E-state index in [9.17, 15) is 18.0 Å². The number of halogens is 3. The first-order chi connectivity index (χ1) is 13.8. The molecule has 1 aromatic heterocycles. The predicted molar refractivity (Wildman–Crippen MR) is 104 cm³/mol. The minimum absolute atomic E-state index is 0.0613. The fourth-order valence-electron chi connectivity index (χ4n) is 2.84. The van der Waals surface area contributed by atoms with E-state index in [-0.39, 0.29) is 24.4 Å². The lowest BCUT2D eigenvalue weighted by molar-refractivity contribution is -0.144. The zero-order chi connectivity index (χ0) is 21.0. The maximum Gasteiger partial charge on any atom is 0.451 e. The van der Waals surface area contributed by atoms with Gasteiger partial charge >= 0.3 is 6.18 Å². The standard InChI is InChI=1S/C20H19F3N4O2/c1-3-27(12-17(28)24-13-7-6-8-14(11-13)29-2)18-15-9-4-5-10-16(15)25-19(26-18)20(21,22)23/h4-11H,3,12H2,1-2H3,(H,24,28). The SMILES string of the molecule is CCN(CC(=O)Nc1cccc(OC)c1)c1nc(C(F)(F)F)nc2ccccc12. The number of aromatic nitrogens is 2. The third-order valence-corrected chi connectivity index (χ3v) is 4.21. The van der Waals surface area contributed by atoms with Gasteiger partial charge in [0.15, 0.2) is 0 Å². The summed E-state index contributed by atoms with van der Waals surface area (Å²) < 4.78 is 44.9. The monoisotopic (exact) mass is 404 g/mol. The highest BCUT2D eigenvalue weighted by atomic mass is 19.4. The Bertz CT molecular complexity index is 1020. The van der Waals surface area contributed by atoms with Crippen LogP contribution >= 0.6 is 0 Å².